The van der Waals surface area contributed by atoms with Crippen molar-refractivity contribution in [2.24, 2.45) is 5.92 Å². The van der Waals surface area contributed by atoms with Gasteiger partial charge in [0.05, 0.1) is 5.02 Å². The highest BCUT2D eigenvalue weighted by Gasteiger charge is 2.12. The largest absolute Gasteiger partial charge is 0.354 e. The number of hydrogen-bond donors (Lipinski definition) is 0. The second-order valence-electron chi connectivity index (χ2n) is 4.47. The maximum atomic E-state index is 5.82. The van der Waals surface area contributed by atoms with Gasteiger partial charge in [-0.25, -0.2) is 4.98 Å². The predicted molar refractivity (Wildman–Crippen MR) is 66.6 cm³/mol. The van der Waals surface area contributed by atoms with Crippen LogP contribution in [0.3, 0.4) is 0 Å². The Hall–Kier alpha value is -0.760. The predicted octanol–water partition coefficient (Wildman–Crippen LogP) is 3.61. The molecule has 0 saturated carbocycles. The van der Waals surface area contributed by atoms with Gasteiger partial charge >= 0.3 is 0 Å². The van der Waals surface area contributed by atoms with Crippen LogP contribution in [-0.4, -0.2) is 17.6 Å². The molecule has 0 aliphatic heterocycles. The van der Waals surface area contributed by atoms with Crippen LogP contribution in [0.25, 0.3) is 0 Å². The third-order valence-corrected chi connectivity index (χ3v) is 2.41. The Morgan fingerprint density at radius 3 is 2.33 bits per heavy atom. The molecule has 0 atom stereocenters. The highest BCUT2D eigenvalue weighted by atomic mass is 35.5. The first kappa shape index (κ1) is 12.3. The van der Waals surface area contributed by atoms with Crippen molar-refractivity contribution in [3.8, 4) is 0 Å². The van der Waals surface area contributed by atoms with Crippen molar-refractivity contribution >= 4 is 17.4 Å². The minimum absolute atomic E-state index is 0.459. The number of nitrogens with zero attached hydrogens (tertiary/aromatic N) is 2. The summed E-state index contributed by atoms with van der Waals surface area (Å²) in [7, 11) is 0. The second kappa shape index (κ2) is 5.36. The van der Waals surface area contributed by atoms with Gasteiger partial charge in [0.1, 0.15) is 5.82 Å². The van der Waals surface area contributed by atoms with Crippen molar-refractivity contribution in [1.29, 1.82) is 0 Å². The molecule has 0 unspecified atom stereocenters. The summed E-state index contributed by atoms with van der Waals surface area (Å²) >= 11 is 5.82. The molecule has 84 valence electrons. The zero-order valence-electron chi connectivity index (χ0n) is 9.87. The molecule has 0 fully saturated rings. The molecule has 15 heavy (non-hydrogen) atoms. The number of hydrogen-bond acceptors (Lipinski definition) is 2. The monoisotopic (exact) mass is 226 g/mol. The van der Waals surface area contributed by atoms with Crippen LogP contribution in [0.15, 0.2) is 18.3 Å². The van der Waals surface area contributed by atoms with Crippen LogP contribution in [-0.2, 0) is 0 Å². The summed E-state index contributed by atoms with van der Waals surface area (Å²) in [5, 5.41) is 0.687. The molecule has 0 amide bonds. The maximum absolute atomic E-state index is 5.82. The van der Waals surface area contributed by atoms with E-state index >= 15 is 0 Å². The minimum atomic E-state index is 0.459. The van der Waals surface area contributed by atoms with Gasteiger partial charge in [-0.2, -0.15) is 0 Å². The minimum Gasteiger partial charge on any atom is -0.354 e. The molecule has 1 heterocycles. The lowest BCUT2D eigenvalue weighted by Crippen LogP contribution is -2.34. The Balaban J connectivity index is 2.84. The molecule has 0 aliphatic rings. The molecule has 1 aromatic heterocycles. The molecule has 3 heteroatoms. The molecular formula is C12H19ClN2. The number of rotatable bonds is 4. The lowest BCUT2D eigenvalue weighted by atomic mass is 10.2. The first-order chi connectivity index (χ1) is 7.00. The average Bonchev–Trinajstić information content (AvgIpc) is 2.15. The van der Waals surface area contributed by atoms with Gasteiger partial charge in [-0.15, -0.1) is 0 Å². The summed E-state index contributed by atoms with van der Waals surface area (Å²) in [4.78, 5) is 6.64. The van der Waals surface area contributed by atoms with Gasteiger partial charge in [0, 0.05) is 18.8 Å². The van der Waals surface area contributed by atoms with Gasteiger partial charge in [-0.05, 0) is 31.9 Å². The van der Waals surface area contributed by atoms with Gasteiger partial charge in [0.25, 0.3) is 0 Å². The summed E-state index contributed by atoms with van der Waals surface area (Å²) in [5.41, 5.74) is 0. The molecule has 1 rings (SSSR count). The van der Waals surface area contributed by atoms with E-state index in [0.717, 1.165) is 12.4 Å². The van der Waals surface area contributed by atoms with Crippen LogP contribution < -0.4 is 4.90 Å². The average molecular weight is 227 g/mol. The summed E-state index contributed by atoms with van der Waals surface area (Å²) in [6.45, 7) is 9.81. The van der Waals surface area contributed by atoms with Crippen molar-refractivity contribution in [2.45, 2.75) is 33.7 Å². The summed E-state index contributed by atoms with van der Waals surface area (Å²) in [5.74, 6) is 1.63. The lowest BCUT2D eigenvalue weighted by molar-refractivity contribution is 0.566. The third kappa shape index (κ3) is 3.71. The molecule has 2 nitrogen and oxygen atoms in total. The van der Waals surface area contributed by atoms with Gasteiger partial charge in [-0.3, -0.25) is 0 Å². The Morgan fingerprint density at radius 1 is 1.27 bits per heavy atom. The van der Waals surface area contributed by atoms with E-state index in [1.807, 2.05) is 12.1 Å². The molecule has 0 bridgehead atoms. The molecule has 0 saturated heterocycles. The number of halogens is 1. The molecule has 0 spiro atoms. The molecular weight excluding hydrogens is 208 g/mol. The first-order valence-electron chi connectivity index (χ1n) is 5.39. The van der Waals surface area contributed by atoms with Gasteiger partial charge in [0.2, 0.25) is 0 Å². The van der Waals surface area contributed by atoms with E-state index in [1.165, 1.54) is 0 Å². The summed E-state index contributed by atoms with van der Waals surface area (Å²) in [6.07, 6.45) is 1.70. The SMILES string of the molecule is CC(C)CN(c1ccc(Cl)cn1)C(C)C. The van der Waals surface area contributed by atoms with Crippen LogP contribution in [0.2, 0.25) is 5.02 Å². The summed E-state index contributed by atoms with van der Waals surface area (Å²) in [6, 6.07) is 4.32. The standard InChI is InChI=1S/C12H19ClN2/c1-9(2)8-15(10(3)4)12-6-5-11(13)7-14-12/h5-7,9-10H,8H2,1-4H3. The number of anilines is 1. The highest BCUT2D eigenvalue weighted by Crippen LogP contribution is 2.17. The van der Waals surface area contributed by atoms with E-state index in [2.05, 4.69) is 37.6 Å². The fourth-order valence-corrected chi connectivity index (χ4v) is 1.61. The van der Waals surface area contributed by atoms with Crippen molar-refractivity contribution < 1.29 is 0 Å². The van der Waals surface area contributed by atoms with E-state index < -0.39 is 0 Å². The van der Waals surface area contributed by atoms with E-state index in [1.54, 1.807) is 6.20 Å². The molecule has 0 N–H and O–H groups in total. The van der Waals surface area contributed by atoms with Crippen molar-refractivity contribution in [1.82, 2.24) is 4.98 Å². The molecule has 0 radical (unpaired) electrons. The van der Waals surface area contributed by atoms with Crippen molar-refractivity contribution in [2.75, 3.05) is 11.4 Å². The van der Waals surface area contributed by atoms with E-state index in [4.69, 9.17) is 11.6 Å². The van der Waals surface area contributed by atoms with Crippen molar-refractivity contribution in [3.63, 3.8) is 0 Å². The second-order valence-corrected chi connectivity index (χ2v) is 4.91. The quantitative estimate of drug-likeness (QED) is 0.780. The first-order valence-corrected chi connectivity index (χ1v) is 5.76. The van der Waals surface area contributed by atoms with E-state index in [-0.39, 0.29) is 0 Å². The van der Waals surface area contributed by atoms with E-state index in [0.29, 0.717) is 17.0 Å². The number of pyridine rings is 1. The van der Waals surface area contributed by atoms with Gasteiger partial charge < -0.3 is 4.90 Å². The normalized spacial score (nSPS) is 11.1. The van der Waals surface area contributed by atoms with Crippen LogP contribution >= 0.6 is 11.6 Å². The Labute approximate surface area is 97.3 Å². The van der Waals surface area contributed by atoms with Crippen LogP contribution in [0.5, 0.6) is 0 Å². The van der Waals surface area contributed by atoms with Crippen LogP contribution in [0, 0.1) is 5.92 Å². The smallest absolute Gasteiger partial charge is 0.128 e. The Bertz CT molecular complexity index is 293. The summed E-state index contributed by atoms with van der Waals surface area (Å²) < 4.78 is 0. The fraction of sp³-hybridized carbons (Fsp3) is 0.583. The zero-order chi connectivity index (χ0) is 11.4. The molecule has 0 aromatic carbocycles. The maximum Gasteiger partial charge on any atom is 0.128 e. The topological polar surface area (TPSA) is 16.1 Å². The Morgan fingerprint density at radius 2 is 1.93 bits per heavy atom. The van der Waals surface area contributed by atoms with Crippen LogP contribution in [0.1, 0.15) is 27.7 Å². The van der Waals surface area contributed by atoms with Gasteiger partial charge in [-0.1, -0.05) is 25.4 Å². The van der Waals surface area contributed by atoms with E-state index in [9.17, 15) is 0 Å². The van der Waals surface area contributed by atoms with Crippen LogP contribution in [0.4, 0.5) is 5.82 Å². The molecule has 1 aromatic rings. The van der Waals surface area contributed by atoms with Crippen molar-refractivity contribution in [3.05, 3.63) is 23.4 Å². The third-order valence-electron chi connectivity index (χ3n) is 2.19. The Kier molecular flexibility index (Phi) is 4.40. The molecule has 0 aliphatic carbocycles. The van der Waals surface area contributed by atoms with Gasteiger partial charge in [0.15, 0.2) is 0 Å². The lowest BCUT2D eigenvalue weighted by Gasteiger charge is -2.29. The number of aromatic nitrogens is 1. The highest BCUT2D eigenvalue weighted by molar-refractivity contribution is 6.30. The fourth-order valence-electron chi connectivity index (χ4n) is 1.50. The zero-order valence-corrected chi connectivity index (χ0v) is 10.6.